The van der Waals surface area contributed by atoms with Gasteiger partial charge in [-0.25, -0.2) is 0 Å². The molecule has 0 bridgehead atoms. The fourth-order valence-electron chi connectivity index (χ4n) is 3.63. The lowest BCUT2D eigenvalue weighted by Crippen LogP contribution is -2.41. The molecule has 1 fully saturated rings. The fourth-order valence-corrected chi connectivity index (χ4v) is 3.83. The van der Waals surface area contributed by atoms with Crippen molar-refractivity contribution in [3.8, 4) is 0 Å². The van der Waals surface area contributed by atoms with E-state index < -0.39 is 0 Å². The predicted molar refractivity (Wildman–Crippen MR) is 104 cm³/mol. The molecule has 26 heavy (non-hydrogen) atoms. The van der Waals surface area contributed by atoms with Crippen LogP contribution in [0, 0.1) is 0 Å². The summed E-state index contributed by atoms with van der Waals surface area (Å²) >= 11 is 6.23. The number of carbonyl (C=O) groups is 1. The molecule has 3 aromatic rings. The van der Waals surface area contributed by atoms with Crippen LogP contribution in [0.5, 0.6) is 0 Å². The van der Waals surface area contributed by atoms with E-state index in [1.54, 1.807) is 0 Å². The maximum absolute atomic E-state index is 12.9. The van der Waals surface area contributed by atoms with Crippen molar-refractivity contribution in [2.45, 2.75) is 12.3 Å². The van der Waals surface area contributed by atoms with Crippen molar-refractivity contribution >= 4 is 28.4 Å². The summed E-state index contributed by atoms with van der Waals surface area (Å²) in [6, 6.07) is 16.0. The molecule has 0 saturated carbocycles. The number of fused-ring (bicyclic) bond motifs is 1. The lowest BCUT2D eigenvalue weighted by molar-refractivity contribution is -0.135. The smallest absolute Gasteiger partial charge is 0.223 e. The van der Waals surface area contributed by atoms with Crippen LogP contribution in [0.15, 0.2) is 54.7 Å². The molecule has 1 aliphatic heterocycles. The van der Waals surface area contributed by atoms with E-state index in [2.05, 4.69) is 17.1 Å². The number of H-pyrrole nitrogens is 1. The molecule has 0 radical (unpaired) electrons. The van der Waals surface area contributed by atoms with Crippen LogP contribution in [-0.2, 0) is 9.53 Å². The Bertz CT molecular complexity index is 915. The summed E-state index contributed by atoms with van der Waals surface area (Å²) < 4.78 is 5.37. The minimum atomic E-state index is -0.0415. The van der Waals surface area contributed by atoms with Gasteiger partial charge in [0.05, 0.1) is 13.2 Å². The second-order valence-electron chi connectivity index (χ2n) is 6.59. The van der Waals surface area contributed by atoms with Crippen LogP contribution in [0.1, 0.15) is 23.5 Å². The van der Waals surface area contributed by atoms with Gasteiger partial charge in [0, 0.05) is 47.6 Å². The molecule has 0 aliphatic carbocycles. The zero-order valence-corrected chi connectivity index (χ0v) is 15.2. The zero-order valence-electron chi connectivity index (χ0n) is 14.5. The van der Waals surface area contributed by atoms with E-state index in [0.29, 0.717) is 37.7 Å². The van der Waals surface area contributed by atoms with Crippen molar-refractivity contribution in [3.63, 3.8) is 0 Å². The number of amides is 1. The topological polar surface area (TPSA) is 45.3 Å². The second kappa shape index (κ2) is 7.52. The number of hydrogen-bond acceptors (Lipinski definition) is 2. The molecule has 4 rings (SSSR count). The predicted octanol–water partition coefficient (Wildman–Crippen LogP) is 4.20. The highest BCUT2D eigenvalue weighted by molar-refractivity contribution is 6.30. The van der Waals surface area contributed by atoms with Crippen LogP contribution >= 0.6 is 11.6 Å². The van der Waals surface area contributed by atoms with Gasteiger partial charge in [0.15, 0.2) is 0 Å². The standard InChI is InChI=1S/C21H21ClN2O2/c22-16-5-3-4-15(12-16)18(13-21(25)24-8-10-26-11-9-24)19-14-23-20-7-2-1-6-17(19)20/h1-7,12,14,18,23H,8-11,13H2. The number of morpholine rings is 1. The fraction of sp³-hybridized carbons (Fsp3) is 0.286. The number of aromatic nitrogens is 1. The Labute approximate surface area is 157 Å². The van der Waals surface area contributed by atoms with Crippen LogP contribution in [0.25, 0.3) is 10.9 Å². The molecule has 1 saturated heterocycles. The average Bonchev–Trinajstić information content (AvgIpc) is 3.10. The molecule has 2 heterocycles. The third-order valence-corrected chi connectivity index (χ3v) is 5.23. The molecule has 4 nitrogen and oxygen atoms in total. The molecular weight excluding hydrogens is 348 g/mol. The van der Waals surface area contributed by atoms with E-state index in [1.165, 1.54) is 0 Å². The summed E-state index contributed by atoms with van der Waals surface area (Å²) in [7, 11) is 0. The molecule has 1 amide bonds. The Morgan fingerprint density at radius 2 is 1.96 bits per heavy atom. The molecule has 1 N–H and O–H groups in total. The zero-order chi connectivity index (χ0) is 17.9. The molecule has 0 spiro atoms. The first kappa shape index (κ1) is 17.1. The molecule has 2 aromatic carbocycles. The second-order valence-corrected chi connectivity index (χ2v) is 7.03. The lowest BCUT2D eigenvalue weighted by Gasteiger charge is -2.28. The Morgan fingerprint density at radius 1 is 1.15 bits per heavy atom. The number of rotatable bonds is 4. The summed E-state index contributed by atoms with van der Waals surface area (Å²) in [4.78, 5) is 18.2. The Hall–Kier alpha value is -2.30. The van der Waals surface area contributed by atoms with E-state index in [0.717, 1.165) is 22.0 Å². The molecule has 5 heteroatoms. The van der Waals surface area contributed by atoms with Crippen LogP contribution in [0.2, 0.25) is 5.02 Å². The number of ether oxygens (including phenoxy) is 1. The monoisotopic (exact) mass is 368 g/mol. The molecule has 1 atom stereocenters. The van der Waals surface area contributed by atoms with Gasteiger partial charge in [0.2, 0.25) is 5.91 Å². The minimum absolute atomic E-state index is 0.0415. The summed E-state index contributed by atoms with van der Waals surface area (Å²) in [5, 5.41) is 1.83. The minimum Gasteiger partial charge on any atom is -0.378 e. The largest absolute Gasteiger partial charge is 0.378 e. The van der Waals surface area contributed by atoms with E-state index in [1.807, 2.05) is 47.5 Å². The summed E-state index contributed by atoms with van der Waals surface area (Å²) in [6.07, 6.45) is 2.44. The van der Waals surface area contributed by atoms with Gasteiger partial charge < -0.3 is 14.6 Å². The number of nitrogens with zero attached hydrogens (tertiary/aromatic N) is 1. The van der Waals surface area contributed by atoms with Crippen molar-refractivity contribution < 1.29 is 9.53 Å². The van der Waals surface area contributed by atoms with Crippen LogP contribution in [0.4, 0.5) is 0 Å². The molecule has 1 unspecified atom stereocenters. The van der Waals surface area contributed by atoms with Gasteiger partial charge in [0.25, 0.3) is 0 Å². The molecular formula is C21H21ClN2O2. The maximum Gasteiger partial charge on any atom is 0.223 e. The first-order chi connectivity index (χ1) is 12.7. The molecule has 134 valence electrons. The van der Waals surface area contributed by atoms with E-state index in [9.17, 15) is 4.79 Å². The SMILES string of the molecule is O=C(CC(c1cccc(Cl)c1)c1c[nH]c2ccccc12)N1CCOCC1. The Morgan fingerprint density at radius 3 is 2.77 bits per heavy atom. The summed E-state index contributed by atoms with van der Waals surface area (Å²) in [5.41, 5.74) is 3.27. The van der Waals surface area contributed by atoms with Crippen molar-refractivity contribution in [1.29, 1.82) is 0 Å². The quantitative estimate of drug-likeness (QED) is 0.750. The van der Waals surface area contributed by atoms with Gasteiger partial charge in [-0.15, -0.1) is 0 Å². The van der Waals surface area contributed by atoms with Gasteiger partial charge in [-0.05, 0) is 29.3 Å². The van der Waals surface area contributed by atoms with E-state index >= 15 is 0 Å². The van der Waals surface area contributed by atoms with Crippen LogP contribution in [0.3, 0.4) is 0 Å². The van der Waals surface area contributed by atoms with Crippen LogP contribution in [-0.4, -0.2) is 42.1 Å². The first-order valence-electron chi connectivity index (χ1n) is 8.89. The highest BCUT2D eigenvalue weighted by Gasteiger charge is 2.25. The average molecular weight is 369 g/mol. The molecule has 1 aromatic heterocycles. The summed E-state index contributed by atoms with van der Waals surface area (Å²) in [5.74, 6) is 0.115. The number of para-hydroxylation sites is 1. The lowest BCUT2D eigenvalue weighted by atomic mass is 9.87. The number of nitrogens with one attached hydrogen (secondary N) is 1. The highest BCUT2D eigenvalue weighted by atomic mass is 35.5. The Balaban J connectivity index is 1.71. The third-order valence-electron chi connectivity index (χ3n) is 4.99. The highest BCUT2D eigenvalue weighted by Crippen LogP contribution is 2.34. The van der Waals surface area contributed by atoms with Gasteiger partial charge in [-0.3, -0.25) is 4.79 Å². The van der Waals surface area contributed by atoms with Crippen molar-refractivity contribution in [1.82, 2.24) is 9.88 Å². The maximum atomic E-state index is 12.9. The number of carbonyl (C=O) groups excluding carboxylic acids is 1. The van der Waals surface area contributed by atoms with E-state index in [-0.39, 0.29) is 11.8 Å². The summed E-state index contributed by atoms with van der Waals surface area (Å²) in [6.45, 7) is 2.55. The van der Waals surface area contributed by atoms with Crippen molar-refractivity contribution in [2.24, 2.45) is 0 Å². The molecule has 1 aliphatic rings. The number of hydrogen-bond donors (Lipinski definition) is 1. The van der Waals surface area contributed by atoms with Gasteiger partial charge in [0.1, 0.15) is 0 Å². The van der Waals surface area contributed by atoms with Gasteiger partial charge in [-0.2, -0.15) is 0 Å². The van der Waals surface area contributed by atoms with Crippen molar-refractivity contribution in [2.75, 3.05) is 26.3 Å². The first-order valence-corrected chi connectivity index (χ1v) is 9.27. The Kier molecular flexibility index (Phi) is 4.96. The van der Waals surface area contributed by atoms with Gasteiger partial charge in [-0.1, -0.05) is 41.9 Å². The van der Waals surface area contributed by atoms with Crippen molar-refractivity contribution in [3.05, 3.63) is 70.9 Å². The van der Waals surface area contributed by atoms with Gasteiger partial charge >= 0.3 is 0 Å². The number of halogens is 1. The third kappa shape index (κ3) is 3.48. The number of benzene rings is 2. The normalized spacial score (nSPS) is 16.0. The van der Waals surface area contributed by atoms with E-state index in [4.69, 9.17) is 16.3 Å². The van der Waals surface area contributed by atoms with Crippen LogP contribution < -0.4 is 0 Å². The number of aromatic amines is 1.